The second kappa shape index (κ2) is 17.6. The molecular weight excluding hydrogens is 841 g/mol. The number of rotatable bonds is 10. The number of ether oxygens (including phenoxy) is 1. The molecule has 0 spiro atoms. The van der Waals surface area contributed by atoms with Crippen LogP contribution in [-0.2, 0) is 11.8 Å². The standard InChI is InChI=1S/C64H58N4O/c1-42(2)36-48-26-27-49(38-44(48)4)45-22-24-46(25-23-45)54-17-13-18-55(47-28-30-50(31-29-47)64(5,6)7)63(54)67-41-66(59-20-10-11-21-60(59)67)51-14-12-15-52(39-51)69-53-32-33-57-56-16-8-9-19-58(56)68(61(57)40-53)62-37-43(3)34-35-65-62/h8-35,37-40,42H,36,41H2,1-7H3/i3D3,4D3,36D2. The molecule has 69 heavy (non-hydrogen) atoms. The van der Waals surface area contributed by atoms with E-state index < -0.39 is 26.0 Å². The highest BCUT2D eigenvalue weighted by atomic mass is 16.5. The van der Waals surface area contributed by atoms with E-state index >= 15 is 0 Å². The van der Waals surface area contributed by atoms with Gasteiger partial charge in [0.15, 0.2) is 0 Å². The largest absolute Gasteiger partial charge is 0.457 e. The van der Waals surface area contributed by atoms with Crippen LogP contribution in [0, 0.1) is 19.6 Å². The third-order valence-electron chi connectivity index (χ3n) is 13.1. The number of pyridine rings is 1. The van der Waals surface area contributed by atoms with Crippen LogP contribution >= 0.6 is 0 Å². The Kier molecular flexibility index (Phi) is 9.02. The molecule has 0 aliphatic carbocycles. The summed E-state index contributed by atoms with van der Waals surface area (Å²) >= 11 is 0. The molecule has 0 saturated carbocycles. The Morgan fingerprint density at radius 1 is 0.594 bits per heavy atom. The molecule has 5 heteroatoms. The van der Waals surface area contributed by atoms with Crippen LogP contribution in [0.15, 0.2) is 194 Å². The van der Waals surface area contributed by atoms with Gasteiger partial charge < -0.3 is 14.5 Å². The van der Waals surface area contributed by atoms with Crippen molar-refractivity contribution >= 4 is 44.6 Å². The lowest BCUT2D eigenvalue weighted by Gasteiger charge is -2.27. The molecule has 3 heterocycles. The summed E-state index contributed by atoms with van der Waals surface area (Å²) in [6.07, 6.45) is -0.274. The molecule has 0 saturated heterocycles. The summed E-state index contributed by atoms with van der Waals surface area (Å²) < 4.78 is 75.7. The van der Waals surface area contributed by atoms with E-state index in [0.717, 1.165) is 72.4 Å². The molecule has 0 amide bonds. The van der Waals surface area contributed by atoms with E-state index in [1.54, 1.807) is 38.2 Å². The van der Waals surface area contributed by atoms with Gasteiger partial charge in [0.2, 0.25) is 0 Å². The van der Waals surface area contributed by atoms with E-state index in [-0.39, 0.29) is 22.1 Å². The fourth-order valence-electron chi connectivity index (χ4n) is 9.73. The van der Waals surface area contributed by atoms with Gasteiger partial charge in [-0.3, -0.25) is 4.57 Å². The van der Waals surface area contributed by atoms with E-state index in [1.165, 1.54) is 11.6 Å². The fourth-order valence-corrected chi connectivity index (χ4v) is 9.73. The quantitative estimate of drug-likeness (QED) is 0.137. The minimum absolute atomic E-state index is 0.0243. The van der Waals surface area contributed by atoms with Gasteiger partial charge in [-0.25, -0.2) is 4.98 Å². The van der Waals surface area contributed by atoms with Crippen LogP contribution in [0.1, 0.15) is 67.8 Å². The van der Waals surface area contributed by atoms with Crippen LogP contribution in [0.3, 0.4) is 0 Å². The molecule has 5 nitrogen and oxygen atoms in total. The van der Waals surface area contributed by atoms with Crippen LogP contribution in [0.4, 0.5) is 22.7 Å². The normalized spacial score (nSPS) is 14.9. The van der Waals surface area contributed by atoms with Gasteiger partial charge in [0.05, 0.1) is 28.1 Å². The first kappa shape index (κ1) is 35.3. The third-order valence-corrected chi connectivity index (χ3v) is 13.1. The minimum atomic E-state index is -2.50. The number of benzene rings is 8. The number of aryl methyl sites for hydroxylation is 2. The van der Waals surface area contributed by atoms with Crippen molar-refractivity contribution in [2.24, 2.45) is 5.92 Å². The predicted molar refractivity (Wildman–Crippen MR) is 290 cm³/mol. The summed E-state index contributed by atoms with van der Waals surface area (Å²) in [7, 11) is 0. The molecule has 10 aromatic rings. The predicted octanol–water partition coefficient (Wildman–Crippen LogP) is 17.3. The first-order valence-corrected chi connectivity index (χ1v) is 23.6. The molecule has 8 aromatic carbocycles. The second-order valence-electron chi connectivity index (χ2n) is 19.2. The maximum atomic E-state index is 8.78. The van der Waals surface area contributed by atoms with Gasteiger partial charge in [-0.15, -0.1) is 0 Å². The van der Waals surface area contributed by atoms with Crippen molar-refractivity contribution in [3.05, 3.63) is 217 Å². The maximum absolute atomic E-state index is 8.78. The Hall–Kier alpha value is -7.89. The molecule has 1 aliphatic heterocycles. The molecule has 2 aromatic heterocycles. The van der Waals surface area contributed by atoms with Gasteiger partial charge in [-0.2, -0.15) is 0 Å². The number of hydrogen-bond acceptors (Lipinski definition) is 4. The number of aromatic nitrogens is 2. The van der Waals surface area contributed by atoms with Gasteiger partial charge >= 0.3 is 0 Å². The highest BCUT2D eigenvalue weighted by Crippen LogP contribution is 2.51. The lowest BCUT2D eigenvalue weighted by molar-refractivity contribution is 0.483. The number of anilines is 4. The fraction of sp³-hybridized carbons (Fsp3) is 0.172. The lowest BCUT2D eigenvalue weighted by atomic mass is 9.85. The van der Waals surface area contributed by atoms with Crippen molar-refractivity contribution in [1.82, 2.24) is 9.55 Å². The van der Waals surface area contributed by atoms with Gasteiger partial charge in [0, 0.05) is 56.9 Å². The van der Waals surface area contributed by atoms with Crippen molar-refractivity contribution < 1.29 is 15.7 Å². The number of para-hydroxylation sites is 4. The van der Waals surface area contributed by atoms with Crippen LogP contribution < -0.4 is 14.5 Å². The lowest BCUT2D eigenvalue weighted by Crippen LogP contribution is -2.25. The second-order valence-corrected chi connectivity index (χ2v) is 19.2. The first-order valence-electron chi connectivity index (χ1n) is 27.6. The molecule has 0 atom stereocenters. The van der Waals surface area contributed by atoms with Gasteiger partial charge in [-0.05, 0) is 131 Å². The molecule has 1 aliphatic rings. The maximum Gasteiger partial charge on any atom is 0.137 e. The molecule has 340 valence electrons. The summed E-state index contributed by atoms with van der Waals surface area (Å²) in [6, 6.07) is 62.3. The Labute approximate surface area is 418 Å². The number of nitrogens with zero attached hydrogens (tertiary/aromatic N) is 4. The third kappa shape index (κ3) is 8.33. The molecule has 0 unspecified atom stereocenters. The summed E-state index contributed by atoms with van der Waals surface area (Å²) in [6.45, 7) is 5.88. The topological polar surface area (TPSA) is 33.5 Å². The zero-order valence-corrected chi connectivity index (χ0v) is 39.5. The Balaban J connectivity index is 0.970. The molecule has 0 fully saturated rings. The van der Waals surface area contributed by atoms with E-state index in [9.17, 15) is 0 Å². The summed E-state index contributed by atoms with van der Waals surface area (Å²) in [4.78, 5) is 9.32. The Morgan fingerprint density at radius 2 is 1.26 bits per heavy atom. The smallest absolute Gasteiger partial charge is 0.137 e. The molecular formula is C64H58N4O. The summed E-state index contributed by atoms with van der Waals surface area (Å²) in [5.74, 6) is 1.34. The first-order chi connectivity index (χ1) is 36.6. The van der Waals surface area contributed by atoms with Crippen LogP contribution in [0.5, 0.6) is 11.5 Å². The highest BCUT2D eigenvalue weighted by Gasteiger charge is 2.31. The van der Waals surface area contributed by atoms with E-state index in [4.69, 9.17) is 15.7 Å². The van der Waals surface area contributed by atoms with Crippen molar-refractivity contribution in [2.45, 2.75) is 60.1 Å². The van der Waals surface area contributed by atoms with Crippen LogP contribution in [0.25, 0.3) is 61.0 Å². The molecule has 11 rings (SSSR count). The zero-order valence-electron chi connectivity index (χ0n) is 47.5. The van der Waals surface area contributed by atoms with Crippen molar-refractivity contribution in [3.8, 4) is 50.7 Å². The van der Waals surface area contributed by atoms with Crippen molar-refractivity contribution in [2.75, 3.05) is 16.5 Å². The Morgan fingerprint density at radius 3 is 2.00 bits per heavy atom. The number of fused-ring (bicyclic) bond motifs is 4. The van der Waals surface area contributed by atoms with Crippen molar-refractivity contribution in [3.63, 3.8) is 0 Å². The molecule has 0 radical (unpaired) electrons. The SMILES string of the molecule is [2H]C([2H])([2H])c1ccnc(-n2c3ccccc3c3ccc(Oc4cccc(N5CN(c6c(-c7ccc(-c8ccc(C([2H])([2H])C(C)C)c(C([2H])([2H])[2H])c8)cc7)cccc6-c6ccc(C(C)(C)C)cc6)c6ccccc65)c4)cc32)c1. The molecule has 0 bridgehead atoms. The van der Waals surface area contributed by atoms with Gasteiger partial charge in [0.25, 0.3) is 0 Å². The highest BCUT2D eigenvalue weighted by molar-refractivity contribution is 6.09. The van der Waals surface area contributed by atoms with Gasteiger partial charge in [-0.1, -0.05) is 156 Å². The average Bonchev–Trinajstić information content (AvgIpc) is 4.06. The summed E-state index contributed by atoms with van der Waals surface area (Å²) in [5, 5.41) is 2.00. The average molecular weight is 907 g/mol. The van der Waals surface area contributed by atoms with E-state index in [2.05, 4.69) is 133 Å². The van der Waals surface area contributed by atoms with Gasteiger partial charge in [0.1, 0.15) is 24.0 Å². The molecule has 0 N–H and O–H groups in total. The van der Waals surface area contributed by atoms with Crippen molar-refractivity contribution in [1.29, 1.82) is 0 Å². The Bertz CT molecular complexity index is 3850. The minimum Gasteiger partial charge on any atom is -0.457 e. The zero-order chi connectivity index (χ0) is 54.2. The van der Waals surface area contributed by atoms with Crippen LogP contribution in [-0.4, -0.2) is 16.2 Å². The van der Waals surface area contributed by atoms with E-state index in [1.807, 2.05) is 71.3 Å². The number of hydrogen-bond donors (Lipinski definition) is 0. The monoisotopic (exact) mass is 907 g/mol. The van der Waals surface area contributed by atoms with Crippen LogP contribution in [0.2, 0.25) is 0 Å². The summed E-state index contributed by atoms with van der Waals surface area (Å²) in [5.41, 5.74) is 13.1. The van der Waals surface area contributed by atoms with E-state index in [0.29, 0.717) is 29.5 Å².